The second-order valence-corrected chi connectivity index (χ2v) is 8.96. The normalized spacial score (nSPS) is 14.7. The van der Waals surface area contributed by atoms with Crippen molar-refractivity contribution in [2.75, 3.05) is 24.3 Å². The van der Waals surface area contributed by atoms with E-state index in [2.05, 4.69) is 20.5 Å². The number of halogens is 4. The first kappa shape index (κ1) is 25.0. The molecular formula is C24H25ClF3N5O2. The highest BCUT2D eigenvalue weighted by molar-refractivity contribution is 6.34. The summed E-state index contributed by atoms with van der Waals surface area (Å²) in [6.45, 7) is 1.49. The van der Waals surface area contributed by atoms with Crippen LogP contribution in [0.5, 0.6) is 0 Å². The van der Waals surface area contributed by atoms with Crippen LogP contribution in [0, 0.1) is 5.92 Å². The maximum Gasteiger partial charge on any atom is 0.417 e. The summed E-state index contributed by atoms with van der Waals surface area (Å²) in [5.41, 5.74) is 5.52. The number of H-pyrrole nitrogens is 1. The molecule has 186 valence electrons. The standard InChI is InChI=1S/C24H25ClF3N5O2/c25-20-13-17(30-23-31-22(29)32-33-23)12-19(24(26,27)28)21(20)16-4-1-15(2-5-16)11-18(34)6-3-14-7-9-35-10-8-14/h1-2,4-5,12-14H,3,6-11H2,(H4,29,30,31,32,33). The number of Topliss-reactive ketones (excluding diaryl/α,β-unsaturated/α-hetero) is 1. The Kier molecular flexibility index (Phi) is 7.61. The number of nitrogen functional groups attached to an aromatic ring is 1. The first-order chi connectivity index (χ1) is 16.7. The largest absolute Gasteiger partial charge is 0.417 e. The molecule has 4 rings (SSSR count). The summed E-state index contributed by atoms with van der Waals surface area (Å²) < 4.78 is 47.1. The Morgan fingerprint density at radius 1 is 1.20 bits per heavy atom. The fraction of sp³-hybridized carbons (Fsp3) is 0.375. The van der Waals surface area contributed by atoms with Gasteiger partial charge in [-0.25, -0.2) is 5.10 Å². The van der Waals surface area contributed by atoms with E-state index < -0.39 is 11.7 Å². The average molecular weight is 508 g/mol. The SMILES string of the molecule is Nc1nc(Nc2cc(Cl)c(-c3ccc(CC(=O)CCC4CCOCC4)cc3)c(C(F)(F)F)c2)n[nH]1. The van der Waals surface area contributed by atoms with Crippen molar-refractivity contribution in [1.29, 1.82) is 0 Å². The van der Waals surface area contributed by atoms with Gasteiger partial charge in [-0.15, -0.1) is 5.10 Å². The smallest absolute Gasteiger partial charge is 0.381 e. The molecule has 1 aromatic heterocycles. The number of carbonyl (C=O) groups excluding carboxylic acids is 1. The predicted molar refractivity (Wildman–Crippen MR) is 127 cm³/mol. The topological polar surface area (TPSA) is 106 Å². The Bertz CT molecular complexity index is 1170. The summed E-state index contributed by atoms with van der Waals surface area (Å²) in [4.78, 5) is 16.2. The Labute approximate surface area is 205 Å². The second kappa shape index (κ2) is 10.7. The monoisotopic (exact) mass is 507 g/mol. The van der Waals surface area contributed by atoms with E-state index in [1.165, 1.54) is 6.07 Å². The maximum absolute atomic E-state index is 13.9. The van der Waals surface area contributed by atoms with Crippen molar-refractivity contribution in [2.45, 2.75) is 38.3 Å². The third-order valence-electron chi connectivity index (χ3n) is 5.97. The van der Waals surface area contributed by atoms with Crippen molar-refractivity contribution in [3.8, 4) is 11.1 Å². The number of rotatable bonds is 8. The molecule has 1 aliphatic rings. The van der Waals surface area contributed by atoms with Gasteiger partial charge in [0.25, 0.3) is 0 Å². The summed E-state index contributed by atoms with van der Waals surface area (Å²) >= 11 is 6.31. The number of carbonyl (C=O) groups is 1. The molecule has 0 bridgehead atoms. The number of nitrogens with one attached hydrogen (secondary N) is 2. The van der Waals surface area contributed by atoms with Gasteiger partial charge in [-0.2, -0.15) is 18.2 Å². The van der Waals surface area contributed by atoms with Crippen LogP contribution in [0.25, 0.3) is 11.1 Å². The molecule has 0 amide bonds. The molecule has 1 fully saturated rings. The third kappa shape index (κ3) is 6.52. The molecule has 0 unspecified atom stereocenters. The summed E-state index contributed by atoms with van der Waals surface area (Å²) in [7, 11) is 0. The van der Waals surface area contributed by atoms with Gasteiger partial charge < -0.3 is 15.8 Å². The van der Waals surface area contributed by atoms with Crippen molar-refractivity contribution in [2.24, 2.45) is 5.92 Å². The lowest BCUT2D eigenvalue weighted by molar-refractivity contribution is -0.137. The van der Waals surface area contributed by atoms with Crippen LogP contribution in [0.3, 0.4) is 0 Å². The summed E-state index contributed by atoms with van der Waals surface area (Å²) in [5, 5.41) is 8.72. The van der Waals surface area contributed by atoms with Gasteiger partial charge in [-0.05, 0) is 48.4 Å². The van der Waals surface area contributed by atoms with E-state index in [-0.39, 0.29) is 40.4 Å². The number of alkyl halides is 3. The maximum atomic E-state index is 13.9. The minimum absolute atomic E-state index is 0.0188. The van der Waals surface area contributed by atoms with Gasteiger partial charge >= 0.3 is 6.18 Å². The third-order valence-corrected chi connectivity index (χ3v) is 6.27. The number of ether oxygens (including phenoxy) is 1. The van der Waals surface area contributed by atoms with Crippen LogP contribution in [0.1, 0.15) is 36.8 Å². The van der Waals surface area contributed by atoms with Crippen molar-refractivity contribution in [3.05, 3.63) is 52.5 Å². The predicted octanol–water partition coefficient (Wildman–Crippen LogP) is 5.79. The van der Waals surface area contributed by atoms with Gasteiger partial charge in [0.05, 0.1) is 10.6 Å². The molecule has 3 aromatic rings. The average Bonchev–Trinajstić information content (AvgIpc) is 3.22. The van der Waals surface area contributed by atoms with Crippen molar-refractivity contribution >= 4 is 35.0 Å². The molecule has 0 radical (unpaired) electrons. The lowest BCUT2D eigenvalue weighted by atomic mass is 9.92. The molecule has 0 atom stereocenters. The van der Waals surface area contributed by atoms with E-state index >= 15 is 0 Å². The Morgan fingerprint density at radius 2 is 1.91 bits per heavy atom. The van der Waals surface area contributed by atoms with Gasteiger partial charge in [0, 0.05) is 37.3 Å². The number of nitrogens with two attached hydrogens (primary N) is 1. The molecule has 0 saturated carbocycles. The van der Waals surface area contributed by atoms with Crippen LogP contribution in [0.2, 0.25) is 5.02 Å². The lowest BCUT2D eigenvalue weighted by Crippen LogP contribution is -2.17. The van der Waals surface area contributed by atoms with Crippen LogP contribution in [-0.4, -0.2) is 34.2 Å². The van der Waals surface area contributed by atoms with E-state index in [0.29, 0.717) is 17.9 Å². The number of hydrogen-bond acceptors (Lipinski definition) is 6. The fourth-order valence-corrected chi connectivity index (χ4v) is 4.49. The molecular weight excluding hydrogens is 483 g/mol. The van der Waals surface area contributed by atoms with Gasteiger partial charge in [-0.3, -0.25) is 4.79 Å². The van der Waals surface area contributed by atoms with Crippen molar-refractivity contribution in [1.82, 2.24) is 15.2 Å². The molecule has 4 N–H and O–H groups in total. The molecule has 2 aromatic carbocycles. The zero-order chi connectivity index (χ0) is 25.0. The second-order valence-electron chi connectivity index (χ2n) is 8.55. The van der Waals surface area contributed by atoms with E-state index in [9.17, 15) is 18.0 Å². The van der Waals surface area contributed by atoms with Gasteiger partial charge in [0.1, 0.15) is 5.78 Å². The number of nitrogens with zero attached hydrogens (tertiary/aromatic N) is 2. The quantitative estimate of drug-likeness (QED) is 0.356. The van der Waals surface area contributed by atoms with Gasteiger partial charge in [0.15, 0.2) is 0 Å². The molecule has 11 heteroatoms. The lowest BCUT2D eigenvalue weighted by Gasteiger charge is -2.21. The highest BCUT2D eigenvalue weighted by Gasteiger charge is 2.35. The molecule has 7 nitrogen and oxygen atoms in total. The molecule has 1 saturated heterocycles. The van der Waals surface area contributed by atoms with Crippen LogP contribution < -0.4 is 11.1 Å². The Balaban J connectivity index is 1.49. The summed E-state index contributed by atoms with van der Waals surface area (Å²) in [6.07, 6.45) is -1.14. The molecule has 2 heterocycles. The van der Waals surface area contributed by atoms with Crippen LogP contribution in [0.4, 0.5) is 30.8 Å². The number of aromatic amines is 1. The number of ketones is 1. The van der Waals surface area contributed by atoms with Gasteiger partial charge in [-0.1, -0.05) is 35.9 Å². The van der Waals surface area contributed by atoms with E-state index in [1.54, 1.807) is 24.3 Å². The number of aromatic nitrogens is 3. The molecule has 35 heavy (non-hydrogen) atoms. The highest BCUT2D eigenvalue weighted by Crippen LogP contribution is 2.43. The Hall–Kier alpha value is -3.11. The van der Waals surface area contributed by atoms with E-state index in [4.69, 9.17) is 22.1 Å². The number of benzene rings is 2. The van der Waals surface area contributed by atoms with Crippen LogP contribution >= 0.6 is 11.6 Å². The molecule has 0 aliphatic carbocycles. The van der Waals surface area contributed by atoms with Crippen molar-refractivity contribution in [3.63, 3.8) is 0 Å². The van der Waals surface area contributed by atoms with Crippen LogP contribution in [0.15, 0.2) is 36.4 Å². The first-order valence-corrected chi connectivity index (χ1v) is 11.6. The van der Waals surface area contributed by atoms with Crippen molar-refractivity contribution < 1.29 is 22.7 Å². The first-order valence-electron chi connectivity index (χ1n) is 11.2. The zero-order valence-corrected chi connectivity index (χ0v) is 19.5. The minimum atomic E-state index is -4.66. The number of hydrogen-bond donors (Lipinski definition) is 3. The summed E-state index contributed by atoms with van der Waals surface area (Å²) in [5.74, 6) is 0.664. The van der Waals surface area contributed by atoms with E-state index in [1.807, 2.05) is 0 Å². The van der Waals surface area contributed by atoms with Gasteiger partial charge in [0.2, 0.25) is 11.9 Å². The fourth-order valence-electron chi connectivity index (χ4n) is 4.16. The molecule has 1 aliphatic heterocycles. The summed E-state index contributed by atoms with van der Waals surface area (Å²) in [6, 6.07) is 8.76. The zero-order valence-electron chi connectivity index (χ0n) is 18.8. The minimum Gasteiger partial charge on any atom is -0.381 e. The highest BCUT2D eigenvalue weighted by atomic mass is 35.5. The Morgan fingerprint density at radius 3 is 2.54 bits per heavy atom. The molecule has 0 spiro atoms. The number of anilines is 3. The van der Waals surface area contributed by atoms with Crippen LogP contribution in [-0.2, 0) is 22.1 Å². The van der Waals surface area contributed by atoms with E-state index in [0.717, 1.165) is 44.1 Å².